The normalized spacial score (nSPS) is 32.4. The number of hydrogen-bond donors (Lipinski definition) is 1. The second-order valence-electron chi connectivity index (χ2n) is 14.3. The number of likely N-dealkylation sites (tertiary alicyclic amines) is 1. The van der Waals surface area contributed by atoms with Crippen LogP contribution in [0.15, 0.2) is 72.8 Å². The highest BCUT2D eigenvalue weighted by molar-refractivity contribution is 6.05. The number of piperidine rings is 1. The fourth-order valence-electron chi connectivity index (χ4n) is 10.1. The molecule has 2 heterocycles. The van der Waals surface area contributed by atoms with Crippen molar-refractivity contribution in [3.63, 3.8) is 0 Å². The zero-order chi connectivity index (χ0) is 32.1. The highest BCUT2D eigenvalue weighted by atomic mass is 16.6. The maximum atomic E-state index is 14.7. The predicted octanol–water partition coefficient (Wildman–Crippen LogP) is 5.84. The van der Waals surface area contributed by atoms with Gasteiger partial charge in [-0.25, -0.2) is 0 Å². The minimum Gasteiger partial charge on any atom is -0.497 e. The third-order valence-electron chi connectivity index (χ3n) is 12.4. The van der Waals surface area contributed by atoms with Crippen LogP contribution in [0.25, 0.3) is 0 Å². The van der Waals surface area contributed by atoms with Gasteiger partial charge in [0.05, 0.1) is 25.6 Å². The average Bonchev–Trinajstić information content (AvgIpc) is 3.86. The summed E-state index contributed by atoms with van der Waals surface area (Å²) in [4.78, 5) is 30.3. The van der Waals surface area contributed by atoms with Crippen LogP contribution in [0.5, 0.6) is 17.2 Å². The number of Topliss-reactive ketones (excluding diaryl/α,β-unsaturated/α-hetero) is 1. The summed E-state index contributed by atoms with van der Waals surface area (Å²) >= 11 is 0. The summed E-state index contributed by atoms with van der Waals surface area (Å²) in [6.07, 6.45) is 9.50. The highest BCUT2D eigenvalue weighted by Gasteiger charge is 2.80. The largest absolute Gasteiger partial charge is 0.497 e. The van der Waals surface area contributed by atoms with Crippen molar-refractivity contribution >= 4 is 17.4 Å². The molecule has 1 N–H and O–H groups in total. The molecular formula is C39H40N2O6. The van der Waals surface area contributed by atoms with E-state index in [1.54, 1.807) is 57.7 Å². The number of carbonyl (C=O) groups excluding carboxylic acids is 2. The predicted molar refractivity (Wildman–Crippen MR) is 177 cm³/mol. The molecule has 2 spiro atoms. The SMILES string of the molecule is COc1ccc(C(=O)Nc2ccc(C(=O)[C@H]3C[C@@]45C=C[C@]3(OC)[C@@H]3Oc6c(OC)ccc7c6[C@@]34CCN(CC3CC3)[C@@H]5C7)cc2)cc1. The van der Waals surface area contributed by atoms with Crippen LogP contribution in [0, 0.1) is 17.3 Å². The fourth-order valence-corrected chi connectivity index (χ4v) is 10.1. The number of benzene rings is 3. The van der Waals surface area contributed by atoms with E-state index in [0.29, 0.717) is 29.0 Å². The van der Waals surface area contributed by atoms with Gasteiger partial charge in [-0.05, 0) is 105 Å². The number of rotatable bonds is 9. The Morgan fingerprint density at radius 3 is 2.40 bits per heavy atom. The van der Waals surface area contributed by atoms with Crippen molar-refractivity contribution in [2.24, 2.45) is 17.3 Å². The van der Waals surface area contributed by atoms with E-state index >= 15 is 0 Å². The first-order chi connectivity index (χ1) is 22.9. The third-order valence-corrected chi connectivity index (χ3v) is 12.4. The molecule has 5 aliphatic carbocycles. The van der Waals surface area contributed by atoms with E-state index in [4.69, 9.17) is 18.9 Å². The summed E-state index contributed by atoms with van der Waals surface area (Å²) in [6.45, 7) is 2.15. The molecular weight excluding hydrogens is 592 g/mol. The van der Waals surface area contributed by atoms with Crippen LogP contribution >= 0.6 is 0 Å². The summed E-state index contributed by atoms with van der Waals surface area (Å²) in [7, 11) is 5.02. The topological polar surface area (TPSA) is 86.3 Å². The van der Waals surface area contributed by atoms with E-state index < -0.39 is 11.5 Å². The van der Waals surface area contributed by atoms with Gasteiger partial charge in [-0.3, -0.25) is 14.5 Å². The minimum atomic E-state index is -0.929. The molecule has 2 saturated carbocycles. The Morgan fingerprint density at radius 1 is 0.936 bits per heavy atom. The smallest absolute Gasteiger partial charge is 0.255 e. The van der Waals surface area contributed by atoms with Gasteiger partial charge >= 0.3 is 0 Å². The Balaban J connectivity index is 1.07. The molecule has 0 unspecified atom stereocenters. The second kappa shape index (κ2) is 10.2. The Labute approximate surface area is 275 Å². The van der Waals surface area contributed by atoms with Crippen molar-refractivity contribution in [1.29, 1.82) is 0 Å². The van der Waals surface area contributed by atoms with Gasteiger partial charge in [-0.1, -0.05) is 18.2 Å². The van der Waals surface area contributed by atoms with Gasteiger partial charge in [0, 0.05) is 47.5 Å². The van der Waals surface area contributed by atoms with Crippen LogP contribution in [0.4, 0.5) is 5.69 Å². The molecule has 3 aromatic rings. The lowest BCUT2D eigenvalue weighted by molar-refractivity contribution is -0.206. The highest BCUT2D eigenvalue weighted by Crippen LogP contribution is 2.75. The van der Waals surface area contributed by atoms with Crippen molar-refractivity contribution in [2.75, 3.05) is 39.7 Å². The van der Waals surface area contributed by atoms with Crippen LogP contribution in [-0.2, 0) is 16.6 Å². The monoisotopic (exact) mass is 632 g/mol. The van der Waals surface area contributed by atoms with Gasteiger partial charge in [-0.15, -0.1) is 0 Å². The summed E-state index contributed by atoms with van der Waals surface area (Å²) in [5.74, 6) is 2.44. The van der Waals surface area contributed by atoms with Gasteiger partial charge in [0.15, 0.2) is 17.3 Å². The first-order valence-electron chi connectivity index (χ1n) is 16.8. The summed E-state index contributed by atoms with van der Waals surface area (Å²) in [5, 5.41) is 2.95. The van der Waals surface area contributed by atoms with Crippen LogP contribution in [-0.4, -0.2) is 68.8 Å². The van der Waals surface area contributed by atoms with Crippen LogP contribution in [0.1, 0.15) is 57.5 Å². The number of methoxy groups -OCH3 is 3. The van der Waals surface area contributed by atoms with E-state index in [1.807, 2.05) is 18.2 Å². The maximum Gasteiger partial charge on any atom is 0.255 e. The number of fused-ring (bicyclic) bond motifs is 1. The van der Waals surface area contributed by atoms with Crippen molar-refractivity contribution in [2.45, 2.75) is 55.3 Å². The number of amides is 1. The zero-order valence-corrected chi connectivity index (χ0v) is 27.1. The molecule has 6 atom stereocenters. The number of carbonyl (C=O) groups is 2. The second-order valence-corrected chi connectivity index (χ2v) is 14.3. The first kappa shape index (κ1) is 29.0. The molecule has 7 aliphatic rings. The molecule has 1 saturated heterocycles. The minimum absolute atomic E-state index is 0.0441. The third kappa shape index (κ3) is 3.83. The molecule has 2 aliphatic heterocycles. The van der Waals surface area contributed by atoms with Crippen LogP contribution in [0.2, 0.25) is 0 Å². The van der Waals surface area contributed by atoms with Gasteiger partial charge in [0.1, 0.15) is 17.5 Å². The molecule has 8 heteroatoms. The van der Waals surface area contributed by atoms with Crippen molar-refractivity contribution < 1.29 is 28.5 Å². The number of ketones is 1. The number of hydrogen-bond acceptors (Lipinski definition) is 7. The van der Waals surface area contributed by atoms with E-state index in [9.17, 15) is 9.59 Å². The molecule has 1 amide bonds. The van der Waals surface area contributed by atoms with E-state index in [0.717, 1.165) is 43.3 Å². The number of nitrogens with zero attached hydrogens (tertiary/aromatic N) is 1. The van der Waals surface area contributed by atoms with E-state index in [2.05, 4.69) is 28.4 Å². The average molecular weight is 633 g/mol. The quantitative estimate of drug-likeness (QED) is 0.234. The molecule has 0 radical (unpaired) electrons. The molecule has 3 fully saturated rings. The van der Waals surface area contributed by atoms with Crippen molar-refractivity contribution in [1.82, 2.24) is 4.90 Å². The molecule has 0 aromatic heterocycles. The number of ether oxygens (including phenoxy) is 4. The van der Waals surface area contributed by atoms with E-state index in [-0.39, 0.29) is 34.7 Å². The molecule has 242 valence electrons. The zero-order valence-electron chi connectivity index (χ0n) is 27.1. The Bertz CT molecular complexity index is 1820. The Morgan fingerprint density at radius 2 is 1.70 bits per heavy atom. The first-order valence-corrected chi connectivity index (χ1v) is 16.8. The Hall–Kier alpha value is -4.14. The summed E-state index contributed by atoms with van der Waals surface area (Å²) in [5.41, 5.74) is 2.91. The summed E-state index contributed by atoms with van der Waals surface area (Å²) in [6, 6.07) is 18.8. The molecule has 4 bridgehead atoms. The maximum absolute atomic E-state index is 14.7. The van der Waals surface area contributed by atoms with Gasteiger partial charge in [-0.2, -0.15) is 0 Å². The number of nitrogens with one attached hydrogen (secondary N) is 1. The van der Waals surface area contributed by atoms with Crippen LogP contribution in [0.3, 0.4) is 0 Å². The standard InChI is InChI=1S/C39H40N2O6/c1-44-28-13-8-25(9-14-28)35(43)40-27-11-6-24(7-12-27)33(42)29-21-37-16-17-39(29,46-3)36-38(37)18-19-41(22-23-4-5-23)31(37)20-26-10-15-30(45-2)34(47-36)32(26)38/h6-17,23,29,31,36H,4-5,18-22H2,1-3H3,(H,40,43)/t29-,31-,36-,37-,38+,39-/m1/s1. The molecule has 47 heavy (non-hydrogen) atoms. The van der Waals surface area contributed by atoms with E-state index in [1.165, 1.54) is 24.0 Å². The van der Waals surface area contributed by atoms with Gasteiger partial charge < -0.3 is 24.3 Å². The lowest BCUT2D eigenvalue weighted by Crippen LogP contribution is -2.79. The van der Waals surface area contributed by atoms with Crippen molar-refractivity contribution in [3.8, 4) is 17.2 Å². The molecule has 10 rings (SSSR count). The summed E-state index contributed by atoms with van der Waals surface area (Å²) < 4.78 is 24.7. The lowest BCUT2D eigenvalue weighted by Gasteiger charge is -2.71. The Kier molecular flexibility index (Phi) is 6.29. The fraction of sp³-hybridized carbons (Fsp3) is 0.436. The van der Waals surface area contributed by atoms with Gasteiger partial charge in [0.2, 0.25) is 0 Å². The van der Waals surface area contributed by atoms with Crippen LogP contribution < -0.4 is 19.5 Å². The van der Waals surface area contributed by atoms with Gasteiger partial charge in [0.25, 0.3) is 5.91 Å². The molecule has 8 nitrogen and oxygen atoms in total. The number of anilines is 1. The lowest BCUT2D eigenvalue weighted by atomic mass is 9.36. The van der Waals surface area contributed by atoms with Crippen molar-refractivity contribution in [3.05, 3.63) is 95.1 Å². The molecule has 3 aromatic carbocycles.